The van der Waals surface area contributed by atoms with Gasteiger partial charge in [0.25, 0.3) is 11.8 Å². The summed E-state index contributed by atoms with van der Waals surface area (Å²) in [5, 5.41) is 5.79. The molecule has 2 aromatic carbocycles. The van der Waals surface area contributed by atoms with Crippen molar-refractivity contribution in [1.29, 1.82) is 0 Å². The van der Waals surface area contributed by atoms with E-state index in [9.17, 15) is 9.59 Å². The van der Waals surface area contributed by atoms with E-state index in [0.29, 0.717) is 5.56 Å². The normalized spacial score (nSPS) is 14.7. The summed E-state index contributed by atoms with van der Waals surface area (Å²) in [5.41, 5.74) is 2.91. The third-order valence-corrected chi connectivity index (χ3v) is 5.60. The molecule has 1 fully saturated rings. The van der Waals surface area contributed by atoms with Crippen molar-refractivity contribution in [2.45, 2.75) is 32.4 Å². The highest BCUT2D eigenvalue weighted by Gasteiger charge is 2.24. The first-order valence-electron chi connectivity index (χ1n) is 10.8. The number of nitrogens with one attached hydrogen (secondary N) is 2. The van der Waals surface area contributed by atoms with Gasteiger partial charge in [-0.05, 0) is 37.5 Å². The van der Waals surface area contributed by atoms with Crippen LogP contribution in [0.2, 0.25) is 0 Å². The summed E-state index contributed by atoms with van der Waals surface area (Å²) in [6, 6.07) is 17.7. The molecule has 0 radical (unpaired) electrons. The van der Waals surface area contributed by atoms with Crippen LogP contribution in [0.15, 0.2) is 67.0 Å². The Kier molecular flexibility index (Phi) is 6.87. The summed E-state index contributed by atoms with van der Waals surface area (Å²) in [4.78, 5) is 36.3. The fraction of sp³-hybridized carbons (Fsp3) is 0.280. The Morgan fingerprint density at radius 1 is 0.969 bits per heavy atom. The van der Waals surface area contributed by atoms with Crippen LogP contribution in [0, 0.1) is 6.92 Å². The highest BCUT2D eigenvalue weighted by Crippen LogP contribution is 2.16. The first-order valence-corrected chi connectivity index (χ1v) is 10.8. The minimum atomic E-state index is -0.322. The number of benzene rings is 2. The summed E-state index contributed by atoms with van der Waals surface area (Å²) in [5.74, 6) is -0.477. The fourth-order valence-electron chi connectivity index (χ4n) is 3.89. The second kappa shape index (κ2) is 10.2. The number of amides is 2. The quantitative estimate of drug-likeness (QED) is 0.627. The third kappa shape index (κ3) is 5.56. The second-order valence-corrected chi connectivity index (χ2v) is 8.09. The van der Waals surface area contributed by atoms with Gasteiger partial charge < -0.3 is 10.6 Å². The number of hydrogen-bond acceptors (Lipinski definition) is 5. The van der Waals surface area contributed by atoms with Crippen molar-refractivity contribution in [2.75, 3.05) is 18.4 Å². The SMILES string of the molecule is Cc1cccc(C(=O)Nc2nccnc2C(=O)NC2CCN(Cc3ccccc3)CC2)c1. The molecule has 0 spiro atoms. The van der Waals surface area contributed by atoms with E-state index in [4.69, 9.17) is 0 Å². The number of aromatic nitrogens is 2. The van der Waals surface area contributed by atoms with Crippen LogP contribution in [0.25, 0.3) is 0 Å². The van der Waals surface area contributed by atoms with Crippen LogP contribution in [0.5, 0.6) is 0 Å². The maximum Gasteiger partial charge on any atom is 0.273 e. The van der Waals surface area contributed by atoms with Crippen LogP contribution in [-0.4, -0.2) is 45.8 Å². The highest BCUT2D eigenvalue weighted by molar-refractivity contribution is 6.07. The number of nitrogens with zero attached hydrogens (tertiary/aromatic N) is 3. The molecule has 2 amide bonds. The average molecular weight is 430 g/mol. The number of rotatable bonds is 6. The number of likely N-dealkylation sites (tertiary alicyclic amines) is 1. The van der Waals surface area contributed by atoms with Gasteiger partial charge in [-0.2, -0.15) is 0 Å². The zero-order chi connectivity index (χ0) is 22.3. The van der Waals surface area contributed by atoms with E-state index in [2.05, 4.69) is 49.8 Å². The van der Waals surface area contributed by atoms with Crippen molar-refractivity contribution < 1.29 is 9.59 Å². The Hall–Kier alpha value is -3.58. The van der Waals surface area contributed by atoms with E-state index in [-0.39, 0.29) is 29.4 Å². The summed E-state index contributed by atoms with van der Waals surface area (Å²) < 4.78 is 0. The van der Waals surface area contributed by atoms with E-state index < -0.39 is 0 Å². The van der Waals surface area contributed by atoms with Gasteiger partial charge in [0.15, 0.2) is 11.5 Å². The van der Waals surface area contributed by atoms with Crippen LogP contribution in [0.1, 0.15) is 44.8 Å². The van der Waals surface area contributed by atoms with Crippen molar-refractivity contribution >= 4 is 17.6 Å². The van der Waals surface area contributed by atoms with E-state index in [1.807, 2.05) is 25.1 Å². The maximum atomic E-state index is 12.9. The third-order valence-electron chi connectivity index (χ3n) is 5.60. The molecule has 1 aromatic heterocycles. The van der Waals surface area contributed by atoms with E-state index in [0.717, 1.165) is 38.0 Å². The van der Waals surface area contributed by atoms with Crippen molar-refractivity contribution in [3.63, 3.8) is 0 Å². The minimum Gasteiger partial charge on any atom is -0.348 e. The lowest BCUT2D eigenvalue weighted by Gasteiger charge is -2.32. The molecule has 7 nitrogen and oxygen atoms in total. The summed E-state index contributed by atoms with van der Waals surface area (Å²) in [6.07, 6.45) is 4.65. The number of piperidine rings is 1. The van der Waals surface area contributed by atoms with Crippen LogP contribution in [0.4, 0.5) is 5.82 Å². The molecule has 0 atom stereocenters. The lowest BCUT2D eigenvalue weighted by atomic mass is 10.0. The number of hydrogen-bond donors (Lipinski definition) is 2. The Balaban J connectivity index is 1.34. The molecule has 7 heteroatoms. The van der Waals surface area contributed by atoms with Crippen LogP contribution in [0.3, 0.4) is 0 Å². The molecule has 4 rings (SSSR count). The van der Waals surface area contributed by atoms with Crippen molar-refractivity contribution in [3.05, 3.63) is 89.4 Å². The smallest absolute Gasteiger partial charge is 0.273 e. The first kappa shape index (κ1) is 21.6. The van der Waals surface area contributed by atoms with E-state index in [1.165, 1.54) is 18.0 Å². The Morgan fingerprint density at radius 3 is 2.47 bits per heavy atom. The molecule has 2 N–H and O–H groups in total. The predicted octanol–water partition coefficient (Wildman–Crippen LogP) is 3.43. The second-order valence-electron chi connectivity index (χ2n) is 8.09. The molecule has 2 heterocycles. The van der Waals surface area contributed by atoms with Gasteiger partial charge >= 0.3 is 0 Å². The Bertz CT molecular complexity index is 1080. The zero-order valence-corrected chi connectivity index (χ0v) is 18.1. The molecule has 164 valence electrons. The monoisotopic (exact) mass is 429 g/mol. The summed E-state index contributed by atoms with van der Waals surface area (Å²) in [6.45, 7) is 4.67. The molecule has 3 aromatic rings. The van der Waals surface area contributed by atoms with Gasteiger partial charge in [-0.3, -0.25) is 14.5 Å². The molecule has 0 unspecified atom stereocenters. The number of carbonyl (C=O) groups excluding carboxylic acids is 2. The van der Waals surface area contributed by atoms with Gasteiger partial charge in [0, 0.05) is 43.6 Å². The van der Waals surface area contributed by atoms with Gasteiger partial charge in [-0.15, -0.1) is 0 Å². The summed E-state index contributed by atoms with van der Waals surface area (Å²) >= 11 is 0. The maximum absolute atomic E-state index is 12.9. The Morgan fingerprint density at radius 2 is 1.72 bits per heavy atom. The van der Waals surface area contributed by atoms with Crippen molar-refractivity contribution in [3.8, 4) is 0 Å². The molecule has 1 aliphatic rings. The topological polar surface area (TPSA) is 87.2 Å². The standard InChI is InChI=1S/C25H27N5O2/c1-18-6-5-9-20(16-18)24(31)29-23-22(26-12-13-27-23)25(32)28-21-10-14-30(15-11-21)17-19-7-3-2-4-8-19/h2-9,12-13,16,21H,10-11,14-15,17H2,1H3,(H,28,32)(H,27,29,31). The van der Waals surface area contributed by atoms with Crippen molar-refractivity contribution in [1.82, 2.24) is 20.2 Å². The molecular formula is C25H27N5O2. The molecule has 1 saturated heterocycles. The van der Waals surface area contributed by atoms with Crippen LogP contribution < -0.4 is 10.6 Å². The van der Waals surface area contributed by atoms with Gasteiger partial charge in [0.05, 0.1) is 0 Å². The van der Waals surface area contributed by atoms with E-state index in [1.54, 1.807) is 12.1 Å². The molecule has 0 bridgehead atoms. The Labute approximate surface area is 187 Å². The molecular weight excluding hydrogens is 402 g/mol. The summed E-state index contributed by atoms with van der Waals surface area (Å²) in [7, 11) is 0. The lowest BCUT2D eigenvalue weighted by Crippen LogP contribution is -2.44. The highest BCUT2D eigenvalue weighted by atomic mass is 16.2. The number of carbonyl (C=O) groups is 2. The lowest BCUT2D eigenvalue weighted by molar-refractivity contribution is 0.0904. The van der Waals surface area contributed by atoms with Gasteiger partial charge in [-0.25, -0.2) is 9.97 Å². The van der Waals surface area contributed by atoms with E-state index >= 15 is 0 Å². The average Bonchev–Trinajstić information content (AvgIpc) is 2.81. The fourth-order valence-corrected chi connectivity index (χ4v) is 3.89. The molecule has 32 heavy (non-hydrogen) atoms. The molecule has 1 aliphatic heterocycles. The zero-order valence-electron chi connectivity index (χ0n) is 18.1. The van der Waals surface area contributed by atoms with Gasteiger partial charge in [-0.1, -0.05) is 48.0 Å². The van der Waals surface area contributed by atoms with Gasteiger partial charge in [0.1, 0.15) is 0 Å². The predicted molar refractivity (Wildman–Crippen MR) is 123 cm³/mol. The largest absolute Gasteiger partial charge is 0.348 e. The van der Waals surface area contributed by atoms with Gasteiger partial charge in [0.2, 0.25) is 0 Å². The van der Waals surface area contributed by atoms with Crippen LogP contribution in [-0.2, 0) is 6.54 Å². The van der Waals surface area contributed by atoms with Crippen LogP contribution >= 0.6 is 0 Å². The minimum absolute atomic E-state index is 0.0665. The number of anilines is 1. The molecule has 0 aliphatic carbocycles. The number of aryl methyl sites for hydroxylation is 1. The molecule has 0 saturated carbocycles. The first-order chi connectivity index (χ1) is 15.6. The van der Waals surface area contributed by atoms with Crippen molar-refractivity contribution in [2.24, 2.45) is 0 Å².